The van der Waals surface area contributed by atoms with Gasteiger partial charge in [0.25, 0.3) is 0 Å². The summed E-state index contributed by atoms with van der Waals surface area (Å²) >= 11 is 0. The largest absolute Gasteiger partial charge is 0.265 e. The van der Waals surface area contributed by atoms with Gasteiger partial charge in [0.1, 0.15) is 6.33 Å². The van der Waals surface area contributed by atoms with Gasteiger partial charge in [0.15, 0.2) is 5.82 Å². The summed E-state index contributed by atoms with van der Waals surface area (Å²) in [7, 11) is -3.75. The van der Waals surface area contributed by atoms with Crippen molar-refractivity contribution in [3.05, 3.63) is 30.6 Å². The molecule has 0 aliphatic heterocycles. The van der Waals surface area contributed by atoms with Crippen LogP contribution in [0, 0.1) is 0 Å². The van der Waals surface area contributed by atoms with Crippen LogP contribution in [0.2, 0.25) is 0 Å². The number of sulfonamides is 1. The van der Waals surface area contributed by atoms with Crippen LogP contribution in [0.15, 0.2) is 35.5 Å². The number of hydrogen-bond donors (Lipinski definition) is 2. The fourth-order valence-electron chi connectivity index (χ4n) is 1.24. The molecule has 1 heterocycles. The van der Waals surface area contributed by atoms with E-state index in [0.717, 1.165) is 0 Å². The standard InChI is InChI=1S/C8H8N4O2S/c9-15(13,14)7-4-2-1-3-6(7)8-10-5-11-12-8/h1-5H,(H2,9,13,14)(H,10,11,12). The number of hydrogen-bond acceptors (Lipinski definition) is 4. The van der Waals surface area contributed by atoms with Crippen molar-refractivity contribution in [1.29, 1.82) is 0 Å². The van der Waals surface area contributed by atoms with E-state index < -0.39 is 10.0 Å². The molecule has 0 aliphatic carbocycles. The van der Waals surface area contributed by atoms with Gasteiger partial charge >= 0.3 is 0 Å². The van der Waals surface area contributed by atoms with E-state index >= 15 is 0 Å². The molecule has 0 atom stereocenters. The van der Waals surface area contributed by atoms with Crippen LogP contribution in [0.1, 0.15) is 0 Å². The smallest absolute Gasteiger partial charge is 0.238 e. The Bertz CT molecular complexity index is 562. The maximum absolute atomic E-state index is 11.3. The van der Waals surface area contributed by atoms with Gasteiger partial charge in [-0.15, -0.1) is 0 Å². The summed E-state index contributed by atoms with van der Waals surface area (Å²) in [6.45, 7) is 0. The summed E-state index contributed by atoms with van der Waals surface area (Å²) in [6.07, 6.45) is 1.37. The van der Waals surface area contributed by atoms with Gasteiger partial charge in [-0.05, 0) is 12.1 Å². The number of nitrogens with one attached hydrogen (secondary N) is 1. The van der Waals surface area contributed by atoms with Gasteiger partial charge < -0.3 is 0 Å². The van der Waals surface area contributed by atoms with Crippen LogP contribution in [0.5, 0.6) is 0 Å². The van der Waals surface area contributed by atoms with E-state index in [2.05, 4.69) is 15.2 Å². The Labute approximate surface area is 86.2 Å². The third kappa shape index (κ3) is 1.88. The van der Waals surface area contributed by atoms with E-state index in [1.54, 1.807) is 18.2 Å². The average molecular weight is 224 g/mol. The molecule has 0 fully saturated rings. The summed E-state index contributed by atoms with van der Waals surface area (Å²) in [4.78, 5) is 3.89. The predicted octanol–water partition coefficient (Wildman–Crippen LogP) is 0.119. The zero-order valence-corrected chi connectivity index (χ0v) is 8.40. The maximum Gasteiger partial charge on any atom is 0.238 e. The van der Waals surface area contributed by atoms with E-state index in [4.69, 9.17) is 5.14 Å². The molecule has 78 valence electrons. The molecule has 2 aromatic rings. The molecule has 0 spiro atoms. The zero-order chi connectivity index (χ0) is 10.9. The average Bonchev–Trinajstić information content (AvgIpc) is 2.69. The van der Waals surface area contributed by atoms with Crippen molar-refractivity contribution < 1.29 is 8.42 Å². The van der Waals surface area contributed by atoms with E-state index in [9.17, 15) is 8.42 Å². The van der Waals surface area contributed by atoms with Crippen LogP contribution in [0.3, 0.4) is 0 Å². The van der Waals surface area contributed by atoms with Gasteiger partial charge in [-0.2, -0.15) is 5.10 Å². The van der Waals surface area contributed by atoms with Crippen molar-refractivity contribution in [2.45, 2.75) is 4.90 Å². The Hall–Kier alpha value is -1.73. The lowest BCUT2D eigenvalue weighted by Crippen LogP contribution is -2.13. The van der Waals surface area contributed by atoms with Crippen molar-refractivity contribution in [2.24, 2.45) is 5.14 Å². The number of aromatic nitrogens is 3. The van der Waals surface area contributed by atoms with Crippen LogP contribution >= 0.6 is 0 Å². The van der Waals surface area contributed by atoms with E-state index in [1.807, 2.05) is 0 Å². The number of benzene rings is 1. The monoisotopic (exact) mass is 224 g/mol. The highest BCUT2D eigenvalue weighted by molar-refractivity contribution is 7.89. The minimum absolute atomic E-state index is 0.0181. The molecule has 1 aromatic carbocycles. The second kappa shape index (κ2) is 3.44. The molecule has 7 heteroatoms. The number of nitrogens with zero attached hydrogens (tertiary/aromatic N) is 2. The van der Waals surface area contributed by atoms with Gasteiger partial charge in [-0.1, -0.05) is 12.1 Å². The van der Waals surface area contributed by atoms with Crippen LogP contribution in [-0.4, -0.2) is 23.6 Å². The van der Waals surface area contributed by atoms with Crippen molar-refractivity contribution in [1.82, 2.24) is 15.2 Å². The molecule has 3 N–H and O–H groups in total. The molecule has 1 aromatic heterocycles. The molecule has 0 saturated heterocycles. The Morgan fingerprint density at radius 3 is 2.60 bits per heavy atom. The fraction of sp³-hybridized carbons (Fsp3) is 0. The summed E-state index contributed by atoms with van der Waals surface area (Å²) < 4.78 is 22.5. The number of aromatic amines is 1. The first-order chi connectivity index (χ1) is 7.09. The summed E-state index contributed by atoms with van der Waals surface area (Å²) in [6, 6.07) is 6.31. The highest BCUT2D eigenvalue weighted by Gasteiger charge is 2.16. The number of H-pyrrole nitrogens is 1. The van der Waals surface area contributed by atoms with E-state index in [0.29, 0.717) is 11.4 Å². The first-order valence-corrected chi connectivity index (χ1v) is 5.61. The summed E-state index contributed by atoms with van der Waals surface area (Å²) in [5, 5.41) is 11.4. The molecule has 0 unspecified atom stereocenters. The third-order valence-electron chi connectivity index (χ3n) is 1.85. The normalized spacial score (nSPS) is 11.5. The molecule has 2 rings (SSSR count). The first-order valence-electron chi connectivity index (χ1n) is 4.07. The predicted molar refractivity (Wildman–Crippen MR) is 53.2 cm³/mol. The molecule has 0 aliphatic rings. The van der Waals surface area contributed by atoms with Crippen LogP contribution in [0.25, 0.3) is 11.4 Å². The summed E-state index contributed by atoms with van der Waals surface area (Å²) in [5.74, 6) is 0.305. The highest BCUT2D eigenvalue weighted by Crippen LogP contribution is 2.22. The Balaban J connectivity index is 2.68. The topological polar surface area (TPSA) is 102 Å². The molecule has 0 saturated carbocycles. The molecular formula is C8H8N4O2S. The zero-order valence-electron chi connectivity index (χ0n) is 7.58. The number of rotatable bonds is 2. The lowest BCUT2D eigenvalue weighted by molar-refractivity contribution is 0.598. The lowest BCUT2D eigenvalue weighted by Gasteiger charge is -2.02. The Kier molecular flexibility index (Phi) is 2.25. The fourth-order valence-corrected chi connectivity index (χ4v) is 1.97. The second-order valence-corrected chi connectivity index (χ2v) is 4.39. The van der Waals surface area contributed by atoms with Crippen molar-refractivity contribution >= 4 is 10.0 Å². The number of primary sulfonamides is 1. The number of nitrogens with two attached hydrogens (primary N) is 1. The lowest BCUT2D eigenvalue weighted by atomic mass is 10.2. The van der Waals surface area contributed by atoms with E-state index in [-0.39, 0.29) is 4.90 Å². The minimum atomic E-state index is -3.75. The molecule has 6 nitrogen and oxygen atoms in total. The third-order valence-corrected chi connectivity index (χ3v) is 2.82. The van der Waals surface area contributed by atoms with Crippen molar-refractivity contribution in [3.63, 3.8) is 0 Å². The van der Waals surface area contributed by atoms with Gasteiger partial charge in [0.2, 0.25) is 10.0 Å². The molecule has 0 amide bonds. The van der Waals surface area contributed by atoms with Crippen molar-refractivity contribution in [3.8, 4) is 11.4 Å². The molecule has 0 bridgehead atoms. The van der Waals surface area contributed by atoms with E-state index in [1.165, 1.54) is 12.4 Å². The van der Waals surface area contributed by atoms with Gasteiger partial charge in [-0.25, -0.2) is 18.5 Å². The molecular weight excluding hydrogens is 216 g/mol. The minimum Gasteiger partial charge on any atom is -0.265 e. The van der Waals surface area contributed by atoms with Crippen LogP contribution in [-0.2, 0) is 10.0 Å². The quantitative estimate of drug-likeness (QED) is 0.756. The van der Waals surface area contributed by atoms with Gasteiger partial charge in [0, 0.05) is 5.56 Å². The van der Waals surface area contributed by atoms with Gasteiger partial charge in [-0.3, -0.25) is 5.10 Å². The Morgan fingerprint density at radius 1 is 1.27 bits per heavy atom. The summed E-state index contributed by atoms with van der Waals surface area (Å²) in [5.41, 5.74) is 0.390. The van der Waals surface area contributed by atoms with Crippen LogP contribution in [0.4, 0.5) is 0 Å². The second-order valence-electron chi connectivity index (χ2n) is 2.86. The van der Waals surface area contributed by atoms with Crippen LogP contribution < -0.4 is 5.14 Å². The highest BCUT2D eigenvalue weighted by atomic mass is 32.2. The molecule has 0 radical (unpaired) electrons. The first kappa shape index (κ1) is 9.81. The SMILES string of the molecule is NS(=O)(=O)c1ccccc1-c1nc[nH]n1. The maximum atomic E-state index is 11.3. The Morgan fingerprint density at radius 2 is 2.00 bits per heavy atom. The molecule has 15 heavy (non-hydrogen) atoms. The van der Waals surface area contributed by atoms with Crippen molar-refractivity contribution in [2.75, 3.05) is 0 Å². The van der Waals surface area contributed by atoms with Gasteiger partial charge in [0.05, 0.1) is 4.90 Å².